The lowest BCUT2D eigenvalue weighted by atomic mass is 10.0. The topological polar surface area (TPSA) is 153 Å². The number of carbonyl (C=O) groups is 3. The zero-order chi connectivity index (χ0) is 35.9. The number of aromatic nitrogens is 1. The molecule has 1 aromatic heterocycles. The fourth-order valence-corrected chi connectivity index (χ4v) is 8.53. The zero-order valence-corrected chi connectivity index (χ0v) is 29.9. The summed E-state index contributed by atoms with van der Waals surface area (Å²) in [6, 6.07) is 14.4. The Morgan fingerprint density at radius 2 is 1.88 bits per heavy atom. The fraction of sp³-hybridized carbons (Fsp3) is 0.474. The molecule has 51 heavy (non-hydrogen) atoms. The van der Waals surface area contributed by atoms with E-state index in [2.05, 4.69) is 10.0 Å². The lowest BCUT2D eigenvalue weighted by Crippen LogP contribution is -2.57. The molecule has 2 N–H and O–H groups in total. The summed E-state index contributed by atoms with van der Waals surface area (Å²) in [7, 11) is -2.24. The summed E-state index contributed by atoms with van der Waals surface area (Å²) in [5, 5.41) is 3.07. The third-order valence-electron chi connectivity index (χ3n) is 10.4. The number of aryl methyl sites for hydroxylation is 1. The summed E-state index contributed by atoms with van der Waals surface area (Å²) in [5.74, 6) is -0.801. The molecule has 0 spiro atoms. The fourth-order valence-electron chi connectivity index (χ4n) is 7.17. The maximum absolute atomic E-state index is 14.2. The molecule has 3 amide bonds. The monoisotopic (exact) mass is 716 g/mol. The second-order valence-corrected chi connectivity index (χ2v) is 16.0. The van der Waals surface area contributed by atoms with Gasteiger partial charge in [-0.25, -0.2) is 13.4 Å². The molecule has 3 heterocycles. The number of hydrogen-bond donors (Lipinski definition) is 2. The van der Waals surface area contributed by atoms with Crippen LogP contribution in [0.3, 0.4) is 0 Å². The van der Waals surface area contributed by atoms with Gasteiger partial charge in [0.25, 0.3) is 11.8 Å². The van der Waals surface area contributed by atoms with Crippen molar-refractivity contribution in [2.24, 2.45) is 5.92 Å². The van der Waals surface area contributed by atoms with Crippen LogP contribution in [0.5, 0.6) is 11.5 Å². The van der Waals surface area contributed by atoms with Crippen molar-refractivity contribution in [3.05, 3.63) is 66.2 Å². The van der Waals surface area contributed by atoms with Gasteiger partial charge in [-0.05, 0) is 64.5 Å². The normalized spacial score (nSPS) is 27.7. The maximum Gasteiger partial charge on any atom is 0.259 e. The smallest absolute Gasteiger partial charge is 0.259 e. The zero-order valence-electron chi connectivity index (χ0n) is 29.1. The minimum atomic E-state index is -3.85. The number of carbonyl (C=O) groups excluding carboxylic acids is 3. The van der Waals surface area contributed by atoms with E-state index in [9.17, 15) is 22.8 Å². The van der Waals surface area contributed by atoms with Gasteiger partial charge in [-0.15, -0.1) is 0 Å². The third kappa shape index (κ3) is 7.05. The summed E-state index contributed by atoms with van der Waals surface area (Å²) in [4.78, 5) is 48.2. The van der Waals surface area contributed by atoms with E-state index in [0.717, 1.165) is 35.8 Å². The molecular formula is C38H44N4O8S. The minimum Gasteiger partial charge on any atom is -0.496 e. The van der Waals surface area contributed by atoms with Gasteiger partial charge in [0.2, 0.25) is 15.9 Å². The van der Waals surface area contributed by atoms with Gasteiger partial charge in [-0.2, -0.15) is 0 Å². The lowest BCUT2D eigenvalue weighted by Gasteiger charge is -2.28. The molecule has 2 aliphatic carbocycles. The second-order valence-electron chi connectivity index (χ2n) is 14.0. The summed E-state index contributed by atoms with van der Waals surface area (Å²) >= 11 is 0. The molecule has 5 atom stereocenters. The van der Waals surface area contributed by atoms with Crippen molar-refractivity contribution in [3.63, 3.8) is 0 Å². The average Bonchev–Trinajstić information content (AvgIpc) is 4.05. The molecule has 7 rings (SSSR count). The Kier molecular flexibility index (Phi) is 9.53. The second kappa shape index (κ2) is 13.9. The Bertz CT molecular complexity index is 1980. The molecule has 3 aromatic rings. The molecule has 3 fully saturated rings. The highest BCUT2D eigenvalue weighted by atomic mass is 32.2. The summed E-state index contributed by atoms with van der Waals surface area (Å²) in [5.41, 5.74) is 1.70. The van der Waals surface area contributed by atoms with Gasteiger partial charge in [-0.3, -0.25) is 19.1 Å². The first-order valence-corrected chi connectivity index (χ1v) is 19.2. The molecular weight excluding hydrogens is 673 g/mol. The number of hydrogen-bond acceptors (Lipinski definition) is 9. The Labute approximate surface area is 298 Å². The van der Waals surface area contributed by atoms with Crippen molar-refractivity contribution >= 4 is 38.6 Å². The van der Waals surface area contributed by atoms with Gasteiger partial charge in [-0.1, -0.05) is 42.5 Å². The van der Waals surface area contributed by atoms with Gasteiger partial charge in [0.1, 0.15) is 35.3 Å². The Balaban J connectivity index is 1.21. The molecule has 0 bridgehead atoms. The van der Waals surface area contributed by atoms with Crippen LogP contribution in [0, 0.1) is 12.8 Å². The number of nitrogens with zero attached hydrogens (tertiary/aromatic N) is 2. The number of amides is 3. The van der Waals surface area contributed by atoms with Crippen LogP contribution in [-0.2, 0) is 29.1 Å². The van der Waals surface area contributed by atoms with E-state index >= 15 is 0 Å². The number of ether oxygens (including phenoxy) is 3. The summed E-state index contributed by atoms with van der Waals surface area (Å²) in [6.45, 7) is 4.10. The van der Waals surface area contributed by atoms with Gasteiger partial charge in [0.05, 0.1) is 30.1 Å². The summed E-state index contributed by atoms with van der Waals surface area (Å²) < 4.78 is 46.0. The molecule has 270 valence electrons. The molecule has 2 saturated carbocycles. The van der Waals surface area contributed by atoms with E-state index < -0.39 is 50.9 Å². The molecule has 0 radical (unpaired) electrons. The molecule has 1 saturated heterocycles. The van der Waals surface area contributed by atoms with Crippen LogP contribution in [0.2, 0.25) is 0 Å². The van der Waals surface area contributed by atoms with E-state index in [1.807, 2.05) is 67.6 Å². The number of benzene rings is 2. The van der Waals surface area contributed by atoms with E-state index in [-0.39, 0.29) is 31.2 Å². The molecule has 2 aliphatic heterocycles. The molecule has 0 unspecified atom stereocenters. The van der Waals surface area contributed by atoms with Crippen LogP contribution in [0.1, 0.15) is 57.4 Å². The molecule has 2 aromatic carbocycles. The van der Waals surface area contributed by atoms with Crippen LogP contribution in [-0.4, -0.2) is 85.3 Å². The van der Waals surface area contributed by atoms with Gasteiger partial charge < -0.3 is 24.4 Å². The standard InChI is InChI=1S/C38H44N4O8S/c1-23-32(48-3)17-16-29-33(20-30(39-34(23)29)25-11-7-6-8-12-25)50-27-19-31-35(43)40-38(37(45)41-51(46,47)28-14-15-28)21-26(38)13-9-4-5-10-18-49-24(2)36(44)42(31)22-27/h6-9,11-13,16-17,20,24,26-28,31H,4-5,10,14-15,18-19,21-22H2,1-3H3,(H,40,43)(H,41,45)/b13-9-/t24-,26-,27-,31+,38-/m1/s1. The molecule has 4 aliphatic rings. The van der Waals surface area contributed by atoms with Crippen LogP contribution < -0.4 is 19.5 Å². The number of pyridine rings is 1. The average molecular weight is 717 g/mol. The van der Waals surface area contributed by atoms with Crippen LogP contribution >= 0.6 is 0 Å². The van der Waals surface area contributed by atoms with Gasteiger partial charge in [0, 0.05) is 41.5 Å². The minimum absolute atomic E-state index is 0.100. The van der Waals surface area contributed by atoms with Crippen LogP contribution in [0.25, 0.3) is 22.2 Å². The third-order valence-corrected chi connectivity index (χ3v) is 12.2. The Morgan fingerprint density at radius 1 is 1.10 bits per heavy atom. The van der Waals surface area contributed by atoms with Crippen molar-refractivity contribution < 1.29 is 37.0 Å². The molecule has 13 heteroatoms. The number of fused-ring (bicyclic) bond motifs is 3. The number of allylic oxidation sites excluding steroid dienone is 1. The predicted molar refractivity (Wildman–Crippen MR) is 190 cm³/mol. The molecule has 12 nitrogen and oxygen atoms in total. The Hall–Kier alpha value is -4.49. The van der Waals surface area contributed by atoms with Crippen molar-refractivity contribution in [2.75, 3.05) is 20.3 Å². The highest BCUT2D eigenvalue weighted by molar-refractivity contribution is 7.91. The van der Waals surface area contributed by atoms with Crippen LogP contribution in [0.15, 0.2) is 60.7 Å². The largest absolute Gasteiger partial charge is 0.496 e. The van der Waals surface area contributed by atoms with Crippen molar-refractivity contribution in [1.29, 1.82) is 0 Å². The Morgan fingerprint density at radius 3 is 2.63 bits per heavy atom. The summed E-state index contributed by atoms with van der Waals surface area (Å²) in [6.07, 6.45) is 6.10. The predicted octanol–water partition coefficient (Wildman–Crippen LogP) is 4.20. The lowest BCUT2D eigenvalue weighted by molar-refractivity contribution is -0.147. The first-order chi connectivity index (χ1) is 24.5. The van der Waals surface area contributed by atoms with E-state index in [1.54, 1.807) is 14.0 Å². The van der Waals surface area contributed by atoms with Gasteiger partial charge in [0.15, 0.2) is 0 Å². The highest BCUT2D eigenvalue weighted by Gasteiger charge is 2.62. The van der Waals surface area contributed by atoms with E-state index in [4.69, 9.17) is 19.2 Å². The quantitative estimate of drug-likeness (QED) is 0.343. The number of nitrogens with one attached hydrogen (secondary N) is 2. The number of sulfonamides is 1. The number of methoxy groups -OCH3 is 1. The highest BCUT2D eigenvalue weighted by Crippen LogP contribution is 2.46. The van der Waals surface area contributed by atoms with E-state index in [1.165, 1.54) is 4.90 Å². The maximum atomic E-state index is 14.2. The van der Waals surface area contributed by atoms with E-state index in [0.29, 0.717) is 42.2 Å². The van der Waals surface area contributed by atoms with Crippen molar-refractivity contribution in [2.45, 2.75) is 87.8 Å². The van der Waals surface area contributed by atoms with Gasteiger partial charge >= 0.3 is 0 Å². The SMILES string of the molecule is COc1ccc2c(O[C@@H]3C[C@H]4C(=O)N[C@]5(C(=O)NS(=O)(=O)C6CC6)C[C@H]5/C=C\CCCCO[C@H](C)C(=O)N4C3)cc(-c3ccccc3)nc2c1C. The van der Waals surface area contributed by atoms with Crippen molar-refractivity contribution in [3.8, 4) is 22.8 Å². The van der Waals surface area contributed by atoms with Crippen LogP contribution in [0.4, 0.5) is 0 Å². The first kappa shape index (κ1) is 34.9. The number of rotatable bonds is 7. The van der Waals surface area contributed by atoms with Crippen molar-refractivity contribution in [1.82, 2.24) is 19.9 Å². The first-order valence-electron chi connectivity index (χ1n) is 17.7.